The summed E-state index contributed by atoms with van der Waals surface area (Å²) in [5, 5.41) is 2.80. The topological polar surface area (TPSA) is 63.2 Å². The first-order chi connectivity index (χ1) is 10.1. The summed E-state index contributed by atoms with van der Waals surface area (Å²) in [6.07, 6.45) is 1.81. The number of sulfone groups is 1. The highest BCUT2D eigenvalue weighted by Gasteiger charge is 2.26. The number of alkyl halides is 2. The molecule has 0 aromatic heterocycles. The van der Waals surface area contributed by atoms with E-state index in [9.17, 15) is 22.0 Å². The van der Waals surface area contributed by atoms with E-state index in [1.165, 1.54) is 12.1 Å². The molecule has 1 atom stereocenters. The van der Waals surface area contributed by atoms with Crippen LogP contribution in [-0.2, 0) is 9.84 Å². The van der Waals surface area contributed by atoms with Crippen LogP contribution in [0, 0.1) is 5.92 Å². The number of carbonyl (C=O) groups is 1. The van der Waals surface area contributed by atoms with E-state index in [-0.39, 0.29) is 17.5 Å². The van der Waals surface area contributed by atoms with Gasteiger partial charge in [-0.1, -0.05) is 13.8 Å². The first kappa shape index (κ1) is 18.5. The summed E-state index contributed by atoms with van der Waals surface area (Å²) in [6, 6.07) is 4.50. The fourth-order valence-electron chi connectivity index (χ4n) is 1.86. The van der Waals surface area contributed by atoms with Crippen molar-refractivity contribution in [1.82, 2.24) is 5.32 Å². The van der Waals surface area contributed by atoms with Crippen LogP contribution < -0.4 is 5.32 Å². The molecule has 1 unspecified atom stereocenters. The van der Waals surface area contributed by atoms with Crippen molar-refractivity contribution < 1.29 is 22.0 Å². The van der Waals surface area contributed by atoms with E-state index in [4.69, 9.17) is 0 Å². The number of rotatable bonds is 7. The highest BCUT2D eigenvalue weighted by atomic mass is 32.2. The van der Waals surface area contributed by atoms with Crippen molar-refractivity contribution in [2.75, 3.05) is 0 Å². The number of halogens is 2. The Morgan fingerprint density at radius 3 is 2.09 bits per heavy atom. The zero-order valence-corrected chi connectivity index (χ0v) is 13.7. The quantitative estimate of drug-likeness (QED) is 0.833. The number of hydrogen-bond donors (Lipinski definition) is 1. The molecule has 1 aromatic carbocycles. The summed E-state index contributed by atoms with van der Waals surface area (Å²) >= 11 is 0. The van der Waals surface area contributed by atoms with Gasteiger partial charge in [-0.05, 0) is 49.9 Å². The second kappa shape index (κ2) is 7.67. The largest absolute Gasteiger partial charge is 0.350 e. The standard InChI is InChI=1S/C15H21F2NO3S/c1-10(2)4-5-11(3)18-14(19)12-6-8-13(9-7-12)22(20,21)15(16)17/h6-11,15H,4-5H2,1-3H3,(H,18,19). The van der Waals surface area contributed by atoms with Crippen LogP contribution in [0.3, 0.4) is 0 Å². The molecule has 4 nitrogen and oxygen atoms in total. The van der Waals surface area contributed by atoms with Crippen LogP contribution in [0.5, 0.6) is 0 Å². The second-order valence-corrected chi connectivity index (χ2v) is 7.59. The predicted octanol–water partition coefficient (Wildman–Crippen LogP) is 3.24. The van der Waals surface area contributed by atoms with Gasteiger partial charge in [-0.15, -0.1) is 0 Å². The third kappa shape index (κ3) is 5.05. The van der Waals surface area contributed by atoms with Crippen molar-refractivity contribution in [2.24, 2.45) is 5.92 Å². The van der Waals surface area contributed by atoms with Crippen molar-refractivity contribution in [3.8, 4) is 0 Å². The molecule has 0 saturated heterocycles. The summed E-state index contributed by atoms with van der Waals surface area (Å²) in [7, 11) is -4.63. The summed E-state index contributed by atoms with van der Waals surface area (Å²) in [4.78, 5) is 11.5. The molecule has 7 heteroatoms. The molecule has 0 aliphatic heterocycles. The van der Waals surface area contributed by atoms with Crippen LogP contribution >= 0.6 is 0 Å². The maximum atomic E-state index is 12.4. The zero-order valence-electron chi connectivity index (χ0n) is 12.8. The Hall–Kier alpha value is -1.50. The minimum absolute atomic E-state index is 0.0145. The molecule has 0 heterocycles. The Kier molecular flexibility index (Phi) is 6.47. The predicted molar refractivity (Wildman–Crippen MR) is 80.6 cm³/mol. The van der Waals surface area contributed by atoms with Crippen LogP contribution in [-0.4, -0.2) is 26.1 Å². The van der Waals surface area contributed by atoms with Gasteiger partial charge in [0, 0.05) is 11.6 Å². The maximum Gasteiger partial charge on any atom is 0.341 e. The molecule has 0 fully saturated rings. The van der Waals surface area contributed by atoms with E-state index in [2.05, 4.69) is 19.2 Å². The third-order valence-corrected chi connectivity index (χ3v) is 4.63. The smallest absolute Gasteiger partial charge is 0.341 e. The molecule has 0 spiro atoms. The van der Waals surface area contributed by atoms with E-state index >= 15 is 0 Å². The average Bonchev–Trinajstić information content (AvgIpc) is 2.45. The van der Waals surface area contributed by atoms with Gasteiger partial charge in [0.1, 0.15) is 0 Å². The van der Waals surface area contributed by atoms with Crippen LogP contribution in [0.2, 0.25) is 0 Å². The highest BCUT2D eigenvalue weighted by molar-refractivity contribution is 7.91. The molecule has 1 amide bonds. The molecular weight excluding hydrogens is 312 g/mol. The Bertz CT molecular complexity index is 598. The second-order valence-electron chi connectivity index (χ2n) is 5.68. The minimum atomic E-state index is -4.63. The highest BCUT2D eigenvalue weighted by Crippen LogP contribution is 2.18. The van der Waals surface area contributed by atoms with Gasteiger partial charge in [0.2, 0.25) is 9.84 Å². The molecule has 1 rings (SSSR count). The minimum Gasteiger partial charge on any atom is -0.350 e. The number of carbonyl (C=O) groups excluding carboxylic acids is 1. The lowest BCUT2D eigenvalue weighted by atomic mass is 10.0. The lowest BCUT2D eigenvalue weighted by Crippen LogP contribution is -2.32. The van der Waals surface area contributed by atoms with E-state index in [0.717, 1.165) is 25.0 Å². The number of benzene rings is 1. The third-order valence-electron chi connectivity index (χ3n) is 3.23. The first-order valence-electron chi connectivity index (χ1n) is 7.07. The van der Waals surface area contributed by atoms with Crippen molar-refractivity contribution in [3.63, 3.8) is 0 Å². The van der Waals surface area contributed by atoms with Gasteiger partial charge < -0.3 is 5.32 Å². The summed E-state index contributed by atoms with van der Waals surface area (Å²) in [6.45, 7) is 6.07. The molecule has 1 N–H and O–H groups in total. The van der Waals surface area contributed by atoms with Gasteiger partial charge in [-0.3, -0.25) is 4.79 Å². The molecule has 124 valence electrons. The Morgan fingerprint density at radius 1 is 1.09 bits per heavy atom. The molecule has 22 heavy (non-hydrogen) atoms. The van der Waals surface area contributed by atoms with Crippen LogP contribution in [0.25, 0.3) is 0 Å². The zero-order chi connectivity index (χ0) is 16.9. The Labute approximate surface area is 129 Å². The van der Waals surface area contributed by atoms with E-state index < -0.39 is 20.5 Å². The van der Waals surface area contributed by atoms with E-state index in [1.54, 1.807) is 0 Å². The van der Waals surface area contributed by atoms with Crippen molar-refractivity contribution in [3.05, 3.63) is 29.8 Å². The van der Waals surface area contributed by atoms with Crippen molar-refractivity contribution >= 4 is 15.7 Å². The molecule has 0 aliphatic carbocycles. The number of hydrogen-bond acceptors (Lipinski definition) is 3. The van der Waals surface area contributed by atoms with Gasteiger partial charge in [-0.2, -0.15) is 8.78 Å². The maximum absolute atomic E-state index is 12.4. The Morgan fingerprint density at radius 2 is 1.64 bits per heavy atom. The molecular formula is C15H21F2NO3S. The molecule has 0 aliphatic rings. The molecule has 0 saturated carbocycles. The lowest BCUT2D eigenvalue weighted by molar-refractivity contribution is 0.0937. The fraction of sp³-hybridized carbons (Fsp3) is 0.533. The first-order valence-corrected chi connectivity index (χ1v) is 8.62. The fourth-order valence-corrected chi connectivity index (χ4v) is 2.58. The summed E-state index contributed by atoms with van der Waals surface area (Å²) in [5.41, 5.74) is 0.240. The van der Waals surface area contributed by atoms with E-state index in [0.29, 0.717) is 5.92 Å². The van der Waals surface area contributed by atoms with Crippen LogP contribution in [0.4, 0.5) is 8.78 Å². The molecule has 0 radical (unpaired) electrons. The summed E-state index contributed by atoms with van der Waals surface area (Å²) < 4.78 is 47.4. The SMILES string of the molecule is CC(C)CCC(C)NC(=O)c1ccc(S(=O)(=O)C(F)F)cc1. The van der Waals surface area contributed by atoms with Crippen molar-refractivity contribution in [1.29, 1.82) is 0 Å². The van der Waals surface area contributed by atoms with Crippen LogP contribution in [0.15, 0.2) is 29.2 Å². The number of amides is 1. The van der Waals surface area contributed by atoms with Crippen LogP contribution in [0.1, 0.15) is 44.0 Å². The monoisotopic (exact) mass is 333 g/mol. The van der Waals surface area contributed by atoms with Gasteiger partial charge in [0.05, 0.1) is 4.90 Å². The normalized spacial score (nSPS) is 13.4. The molecule has 1 aromatic rings. The van der Waals surface area contributed by atoms with Gasteiger partial charge in [0.15, 0.2) is 0 Å². The average molecular weight is 333 g/mol. The lowest BCUT2D eigenvalue weighted by Gasteiger charge is -2.15. The van der Waals surface area contributed by atoms with Gasteiger partial charge >= 0.3 is 5.76 Å². The Balaban J connectivity index is 2.73. The van der Waals surface area contributed by atoms with Crippen molar-refractivity contribution in [2.45, 2.75) is 50.3 Å². The summed E-state index contributed by atoms with van der Waals surface area (Å²) in [5.74, 6) is -3.28. The number of nitrogens with one attached hydrogen (secondary N) is 1. The van der Waals surface area contributed by atoms with E-state index in [1.807, 2.05) is 6.92 Å². The van der Waals surface area contributed by atoms with Gasteiger partial charge in [0.25, 0.3) is 5.91 Å². The molecule has 0 bridgehead atoms. The van der Waals surface area contributed by atoms with Gasteiger partial charge in [-0.25, -0.2) is 8.42 Å².